The van der Waals surface area contributed by atoms with E-state index < -0.39 is 5.60 Å². The molecule has 0 unspecified atom stereocenters. The fraction of sp³-hybridized carbons (Fsp3) is 0.920. The van der Waals surface area contributed by atoms with Gasteiger partial charge in [-0.2, -0.15) is 0 Å². The molecule has 0 radical (unpaired) electrons. The van der Waals surface area contributed by atoms with Gasteiger partial charge in [-0.3, -0.25) is 4.79 Å². The molecule has 0 aromatic rings. The molecule has 6 nitrogen and oxygen atoms in total. The van der Waals surface area contributed by atoms with Crippen molar-refractivity contribution < 1.29 is 14.3 Å². The molecule has 0 spiro atoms. The minimum absolute atomic E-state index is 0.145. The van der Waals surface area contributed by atoms with Crippen LogP contribution in [0.4, 0.5) is 4.79 Å². The maximum Gasteiger partial charge on any atom is 0.410 e. The van der Waals surface area contributed by atoms with Crippen molar-refractivity contribution >= 4 is 12.0 Å². The first-order valence-corrected chi connectivity index (χ1v) is 12.8. The zero-order valence-electron chi connectivity index (χ0n) is 20.5. The van der Waals surface area contributed by atoms with E-state index in [4.69, 9.17) is 4.74 Å². The number of piperidine rings is 1. The fourth-order valence-electron chi connectivity index (χ4n) is 5.91. The number of rotatable bonds is 6. The van der Waals surface area contributed by atoms with E-state index in [2.05, 4.69) is 24.1 Å². The lowest BCUT2D eigenvalue weighted by Crippen LogP contribution is -2.52. The minimum Gasteiger partial charge on any atom is -0.444 e. The molecule has 0 aromatic carbocycles. The summed E-state index contributed by atoms with van der Waals surface area (Å²) < 4.78 is 5.70. The van der Waals surface area contributed by atoms with Gasteiger partial charge in [0, 0.05) is 43.7 Å². The van der Waals surface area contributed by atoms with Crippen molar-refractivity contribution in [2.45, 2.75) is 116 Å². The van der Waals surface area contributed by atoms with Crippen LogP contribution >= 0.6 is 0 Å². The molecular formula is C25H45N3O3. The number of ether oxygens (including phenoxy) is 1. The third-order valence-corrected chi connectivity index (χ3v) is 7.58. The van der Waals surface area contributed by atoms with Gasteiger partial charge < -0.3 is 19.9 Å². The highest BCUT2D eigenvalue weighted by Crippen LogP contribution is 2.37. The third-order valence-electron chi connectivity index (χ3n) is 7.58. The van der Waals surface area contributed by atoms with Crippen LogP contribution in [0.15, 0.2) is 0 Å². The van der Waals surface area contributed by atoms with Gasteiger partial charge in [0.2, 0.25) is 5.91 Å². The maximum atomic E-state index is 12.8. The van der Waals surface area contributed by atoms with Gasteiger partial charge in [0.15, 0.2) is 0 Å². The molecule has 2 saturated heterocycles. The smallest absolute Gasteiger partial charge is 0.410 e. The van der Waals surface area contributed by atoms with Gasteiger partial charge >= 0.3 is 6.09 Å². The van der Waals surface area contributed by atoms with Crippen LogP contribution < -0.4 is 5.32 Å². The monoisotopic (exact) mass is 435 g/mol. The Labute approximate surface area is 189 Å². The highest BCUT2D eigenvalue weighted by atomic mass is 16.6. The second-order valence-corrected chi connectivity index (χ2v) is 10.9. The molecule has 2 aliphatic heterocycles. The lowest BCUT2D eigenvalue weighted by Gasteiger charge is -2.38. The second kappa shape index (κ2) is 10.5. The van der Waals surface area contributed by atoms with Gasteiger partial charge in [0.25, 0.3) is 0 Å². The molecule has 3 aliphatic rings. The Balaban J connectivity index is 1.53. The highest BCUT2D eigenvalue weighted by molar-refractivity contribution is 5.78. The van der Waals surface area contributed by atoms with Crippen molar-refractivity contribution in [1.29, 1.82) is 0 Å². The highest BCUT2D eigenvalue weighted by Gasteiger charge is 2.42. The lowest BCUT2D eigenvalue weighted by molar-refractivity contribution is -0.136. The van der Waals surface area contributed by atoms with Crippen LogP contribution in [0.1, 0.15) is 92.4 Å². The van der Waals surface area contributed by atoms with Crippen LogP contribution in [0.2, 0.25) is 0 Å². The van der Waals surface area contributed by atoms with Crippen LogP contribution in [0.5, 0.6) is 0 Å². The van der Waals surface area contributed by atoms with Crippen molar-refractivity contribution in [2.75, 3.05) is 19.6 Å². The molecule has 0 bridgehead atoms. The second-order valence-electron chi connectivity index (χ2n) is 10.9. The predicted molar refractivity (Wildman–Crippen MR) is 124 cm³/mol. The predicted octanol–water partition coefficient (Wildman–Crippen LogP) is 4.57. The number of nitrogens with one attached hydrogen (secondary N) is 1. The molecule has 3 fully saturated rings. The number of carbonyl (C=O) groups excluding carboxylic acids is 2. The average Bonchev–Trinajstić information content (AvgIpc) is 3.37. The van der Waals surface area contributed by atoms with Crippen molar-refractivity contribution in [1.82, 2.24) is 15.1 Å². The lowest BCUT2D eigenvalue weighted by atomic mass is 9.91. The number of carbonyl (C=O) groups is 2. The van der Waals surface area contributed by atoms with Gasteiger partial charge in [-0.25, -0.2) is 4.79 Å². The summed E-state index contributed by atoms with van der Waals surface area (Å²) in [5, 5.41) is 3.95. The zero-order valence-corrected chi connectivity index (χ0v) is 20.5. The summed E-state index contributed by atoms with van der Waals surface area (Å²) in [6, 6.07) is 1.25. The Bertz CT molecular complexity index is 606. The van der Waals surface area contributed by atoms with Crippen molar-refractivity contribution in [2.24, 2.45) is 11.8 Å². The average molecular weight is 436 g/mol. The molecule has 3 rings (SSSR count). The van der Waals surface area contributed by atoms with E-state index in [1.54, 1.807) is 0 Å². The molecular weight excluding hydrogens is 390 g/mol. The first kappa shape index (κ1) is 24.3. The van der Waals surface area contributed by atoms with Crippen molar-refractivity contribution in [3.8, 4) is 0 Å². The van der Waals surface area contributed by atoms with Gasteiger partial charge in [-0.15, -0.1) is 0 Å². The van der Waals surface area contributed by atoms with Gasteiger partial charge in [-0.05, 0) is 78.1 Å². The van der Waals surface area contributed by atoms with Gasteiger partial charge in [0.1, 0.15) is 5.60 Å². The summed E-state index contributed by atoms with van der Waals surface area (Å²) in [5.41, 5.74) is -0.447. The fourth-order valence-corrected chi connectivity index (χ4v) is 5.91. The topological polar surface area (TPSA) is 61.9 Å². The van der Waals surface area contributed by atoms with Gasteiger partial charge in [-0.1, -0.05) is 20.3 Å². The number of hydrogen-bond acceptors (Lipinski definition) is 4. The Kier molecular flexibility index (Phi) is 8.28. The summed E-state index contributed by atoms with van der Waals surface area (Å²) in [5.74, 6) is 1.05. The van der Waals surface area contributed by atoms with Crippen LogP contribution in [-0.4, -0.2) is 65.2 Å². The van der Waals surface area contributed by atoms with E-state index in [1.807, 2.05) is 25.7 Å². The third kappa shape index (κ3) is 6.15. The van der Waals surface area contributed by atoms with Crippen molar-refractivity contribution in [3.05, 3.63) is 0 Å². The molecule has 2 amide bonds. The SMILES string of the molecule is CCC(CC)C(=O)N1CCC(N[C@@H]2CCC[C@@H]2[C@@H]2CCCN2C(=O)OC(C)(C)C)CC1. The molecule has 1 N–H and O–H groups in total. The van der Waals surface area contributed by atoms with E-state index in [1.165, 1.54) is 19.3 Å². The number of amides is 2. The molecule has 3 atom stereocenters. The Morgan fingerprint density at radius 3 is 2.26 bits per heavy atom. The van der Waals surface area contributed by atoms with E-state index in [-0.39, 0.29) is 12.0 Å². The maximum absolute atomic E-state index is 12.8. The van der Waals surface area contributed by atoms with Crippen LogP contribution in [0, 0.1) is 11.8 Å². The quantitative estimate of drug-likeness (QED) is 0.664. The van der Waals surface area contributed by atoms with Crippen molar-refractivity contribution in [3.63, 3.8) is 0 Å². The first-order valence-electron chi connectivity index (χ1n) is 12.8. The summed E-state index contributed by atoms with van der Waals surface area (Å²) in [7, 11) is 0. The summed E-state index contributed by atoms with van der Waals surface area (Å²) in [6.07, 6.45) is 9.57. The number of likely N-dealkylation sites (tertiary alicyclic amines) is 2. The van der Waals surface area contributed by atoms with E-state index in [0.717, 1.165) is 58.2 Å². The number of hydrogen-bond donors (Lipinski definition) is 1. The minimum atomic E-state index is -0.447. The molecule has 6 heteroatoms. The molecule has 2 heterocycles. The van der Waals surface area contributed by atoms with Gasteiger partial charge in [0.05, 0.1) is 0 Å². The molecule has 0 aromatic heterocycles. The van der Waals surface area contributed by atoms with E-state index in [9.17, 15) is 9.59 Å². The molecule has 178 valence electrons. The summed E-state index contributed by atoms with van der Waals surface area (Å²) >= 11 is 0. The van der Waals surface area contributed by atoms with Crippen LogP contribution in [0.25, 0.3) is 0 Å². The Morgan fingerprint density at radius 1 is 0.968 bits per heavy atom. The molecule has 1 saturated carbocycles. The van der Waals surface area contributed by atoms with Crippen LogP contribution in [0.3, 0.4) is 0 Å². The van der Waals surface area contributed by atoms with Crippen LogP contribution in [-0.2, 0) is 9.53 Å². The summed E-state index contributed by atoms with van der Waals surface area (Å²) in [4.78, 5) is 29.6. The largest absolute Gasteiger partial charge is 0.444 e. The molecule has 1 aliphatic carbocycles. The Hall–Kier alpha value is -1.30. The first-order chi connectivity index (χ1) is 14.7. The Morgan fingerprint density at radius 2 is 1.65 bits per heavy atom. The standard InChI is InChI=1S/C25H45N3O3/c1-6-18(7-2)23(29)27-16-13-19(14-17-27)26-21-11-8-10-20(21)22-12-9-15-28(22)24(30)31-25(3,4)5/h18-22,26H,6-17H2,1-5H3/t20-,21+,22-/m0/s1. The normalized spacial score (nSPS) is 27.9. The van der Waals surface area contributed by atoms with E-state index >= 15 is 0 Å². The van der Waals surface area contributed by atoms with E-state index in [0.29, 0.717) is 30.0 Å². The summed E-state index contributed by atoms with van der Waals surface area (Å²) in [6.45, 7) is 12.6. The molecule has 31 heavy (non-hydrogen) atoms. The zero-order chi connectivity index (χ0) is 22.6. The number of nitrogens with zero attached hydrogens (tertiary/aromatic N) is 2.